The van der Waals surface area contributed by atoms with Crippen molar-refractivity contribution in [3.05, 3.63) is 182 Å². The number of benzene rings is 9. The fourth-order valence-corrected chi connectivity index (χ4v) is 8.94. The molecule has 0 aliphatic rings. The van der Waals surface area contributed by atoms with E-state index in [-0.39, 0.29) is 0 Å². The molecule has 12 rings (SSSR count). The van der Waals surface area contributed by atoms with Crippen LogP contribution >= 0.6 is 0 Å². The van der Waals surface area contributed by atoms with Crippen molar-refractivity contribution < 1.29 is 13.3 Å². The normalized spacial score (nSPS) is 12.0. The zero-order valence-corrected chi connectivity index (χ0v) is 29.5. The Morgan fingerprint density at radius 2 is 0.836 bits per heavy atom. The molecule has 12 aromatic rings. The molecule has 0 aliphatic carbocycles. The van der Waals surface area contributed by atoms with E-state index in [1.54, 1.807) is 0 Å². The summed E-state index contributed by atoms with van der Waals surface area (Å²) < 4.78 is 19.9. The van der Waals surface area contributed by atoms with Crippen LogP contribution in [0.2, 0.25) is 0 Å². The van der Waals surface area contributed by atoms with E-state index in [2.05, 4.69) is 164 Å². The molecule has 55 heavy (non-hydrogen) atoms. The second kappa shape index (κ2) is 11.6. The third-order valence-corrected chi connectivity index (χ3v) is 11.3. The van der Waals surface area contributed by atoms with Gasteiger partial charge in [0.15, 0.2) is 11.2 Å². The van der Waals surface area contributed by atoms with Gasteiger partial charge in [0.25, 0.3) is 0 Å². The van der Waals surface area contributed by atoms with Gasteiger partial charge < -0.3 is 13.3 Å². The van der Waals surface area contributed by atoms with Crippen LogP contribution in [-0.2, 0) is 0 Å². The molecule has 3 nitrogen and oxygen atoms in total. The Bertz CT molecular complexity index is 3420. The minimum absolute atomic E-state index is 0.758. The van der Waals surface area contributed by atoms with E-state index in [0.717, 1.165) is 82.9 Å². The first-order valence-electron chi connectivity index (χ1n) is 18.7. The van der Waals surface area contributed by atoms with Crippen molar-refractivity contribution in [3.8, 4) is 44.7 Å². The van der Waals surface area contributed by atoms with Crippen LogP contribution in [0.3, 0.4) is 0 Å². The van der Waals surface area contributed by atoms with Gasteiger partial charge in [-0.3, -0.25) is 0 Å². The number of furan rings is 3. The molecule has 0 bridgehead atoms. The van der Waals surface area contributed by atoms with Gasteiger partial charge in [-0.1, -0.05) is 146 Å². The zero-order chi connectivity index (χ0) is 36.0. The third-order valence-electron chi connectivity index (χ3n) is 11.3. The van der Waals surface area contributed by atoms with E-state index in [0.29, 0.717) is 0 Å². The molecule has 0 amide bonds. The molecule has 0 N–H and O–H groups in total. The Labute approximate surface area is 315 Å². The first-order valence-corrected chi connectivity index (χ1v) is 18.7. The molecule has 3 aromatic heterocycles. The predicted molar refractivity (Wildman–Crippen MR) is 228 cm³/mol. The average Bonchev–Trinajstić information content (AvgIpc) is 3.95. The Kier molecular flexibility index (Phi) is 6.34. The summed E-state index contributed by atoms with van der Waals surface area (Å²) in [6, 6.07) is 64.2. The maximum absolute atomic E-state index is 6.82. The molecule has 256 valence electrons. The number of hydrogen-bond donors (Lipinski definition) is 0. The molecular weight excluding hydrogens is 673 g/mol. The van der Waals surface area contributed by atoms with Gasteiger partial charge in [-0.05, 0) is 85.8 Å². The summed E-state index contributed by atoms with van der Waals surface area (Å²) >= 11 is 0. The van der Waals surface area contributed by atoms with Crippen molar-refractivity contribution in [2.45, 2.75) is 0 Å². The molecule has 0 unspecified atom stereocenters. The average molecular weight is 703 g/mol. The third kappa shape index (κ3) is 4.38. The highest BCUT2D eigenvalue weighted by molar-refractivity contribution is 6.26. The summed E-state index contributed by atoms with van der Waals surface area (Å²) in [4.78, 5) is 0. The largest absolute Gasteiger partial charge is 0.456 e. The number of fused-ring (bicyclic) bond motifs is 10. The van der Waals surface area contributed by atoms with E-state index in [1.807, 2.05) is 18.2 Å². The lowest BCUT2D eigenvalue weighted by molar-refractivity contribution is 0.612. The van der Waals surface area contributed by atoms with E-state index < -0.39 is 0 Å². The molecular formula is C52H30O3. The second-order valence-electron chi connectivity index (χ2n) is 14.3. The van der Waals surface area contributed by atoms with Gasteiger partial charge >= 0.3 is 0 Å². The fourth-order valence-electron chi connectivity index (χ4n) is 8.94. The Morgan fingerprint density at radius 1 is 0.273 bits per heavy atom. The summed E-state index contributed by atoms with van der Waals surface area (Å²) in [5, 5.41) is 10.2. The van der Waals surface area contributed by atoms with Crippen LogP contribution < -0.4 is 0 Å². The molecule has 9 aromatic carbocycles. The van der Waals surface area contributed by atoms with Gasteiger partial charge in [0.1, 0.15) is 22.5 Å². The molecule has 3 heterocycles. The van der Waals surface area contributed by atoms with Gasteiger partial charge in [-0.2, -0.15) is 0 Å². The van der Waals surface area contributed by atoms with Gasteiger partial charge in [-0.15, -0.1) is 0 Å². The minimum Gasteiger partial charge on any atom is -0.456 e. The van der Waals surface area contributed by atoms with Crippen molar-refractivity contribution >= 4 is 76.4 Å². The quantitative estimate of drug-likeness (QED) is 0.171. The summed E-state index contributed by atoms with van der Waals surface area (Å²) in [6.07, 6.45) is 0. The van der Waals surface area contributed by atoms with E-state index >= 15 is 0 Å². The zero-order valence-electron chi connectivity index (χ0n) is 29.5. The lowest BCUT2D eigenvalue weighted by atomic mass is 9.84. The summed E-state index contributed by atoms with van der Waals surface area (Å²) in [7, 11) is 0. The highest BCUT2D eigenvalue weighted by Gasteiger charge is 2.24. The first kappa shape index (κ1) is 30.1. The molecule has 3 heteroatoms. The van der Waals surface area contributed by atoms with Crippen LogP contribution in [0.15, 0.2) is 195 Å². The van der Waals surface area contributed by atoms with Crippen LogP contribution in [0, 0.1) is 0 Å². The van der Waals surface area contributed by atoms with Crippen LogP contribution in [-0.4, -0.2) is 0 Å². The lowest BCUT2D eigenvalue weighted by Gasteiger charge is -2.18. The highest BCUT2D eigenvalue weighted by atomic mass is 16.4. The van der Waals surface area contributed by atoms with E-state index in [4.69, 9.17) is 13.3 Å². The minimum atomic E-state index is 0.758. The molecule has 0 fully saturated rings. The van der Waals surface area contributed by atoms with Crippen LogP contribution in [0.25, 0.3) is 121 Å². The molecule has 0 spiro atoms. The lowest BCUT2D eigenvalue weighted by Crippen LogP contribution is -1.91. The molecule has 0 radical (unpaired) electrons. The maximum Gasteiger partial charge on any atom is 0.178 e. The van der Waals surface area contributed by atoms with Crippen molar-refractivity contribution in [1.82, 2.24) is 0 Å². The molecule has 0 aliphatic heterocycles. The van der Waals surface area contributed by atoms with E-state index in [1.165, 1.54) is 38.2 Å². The van der Waals surface area contributed by atoms with E-state index in [9.17, 15) is 0 Å². The summed E-state index contributed by atoms with van der Waals surface area (Å²) in [5.74, 6) is 0.840. The Morgan fingerprint density at radius 3 is 1.56 bits per heavy atom. The number of hydrogen-bond acceptors (Lipinski definition) is 3. The van der Waals surface area contributed by atoms with Gasteiger partial charge in [0.2, 0.25) is 0 Å². The van der Waals surface area contributed by atoms with Gasteiger partial charge in [0, 0.05) is 38.1 Å². The van der Waals surface area contributed by atoms with Crippen LogP contribution in [0.5, 0.6) is 0 Å². The van der Waals surface area contributed by atoms with Crippen molar-refractivity contribution in [2.75, 3.05) is 0 Å². The Balaban J connectivity index is 1.11. The van der Waals surface area contributed by atoms with Gasteiger partial charge in [-0.25, -0.2) is 0 Å². The monoisotopic (exact) mass is 702 g/mol. The fraction of sp³-hybridized carbons (Fsp3) is 0. The maximum atomic E-state index is 6.82. The van der Waals surface area contributed by atoms with Crippen molar-refractivity contribution in [3.63, 3.8) is 0 Å². The predicted octanol–water partition coefficient (Wildman–Crippen LogP) is 15.2. The SMILES string of the molecule is c1ccc(-c2oc3c(ccc4c5cc(-c6c7ccccc7c(-c7cccc8oc9ccccc9c78)c7ccccc67)ccc5oc43)c2-c2ccccc2)cc1. The second-order valence-corrected chi connectivity index (χ2v) is 14.3. The highest BCUT2D eigenvalue weighted by Crippen LogP contribution is 2.49. The van der Waals surface area contributed by atoms with Crippen molar-refractivity contribution in [2.24, 2.45) is 0 Å². The smallest absolute Gasteiger partial charge is 0.178 e. The molecule has 0 atom stereocenters. The summed E-state index contributed by atoms with van der Waals surface area (Å²) in [6.45, 7) is 0. The standard InChI is InChI=1S/C52H30O3/c1-3-14-31(15-4-1)47-41-28-27-38-42-30-33(26-29-44(42)54-51(38)52(41)55-50(47)32-16-5-2-6-17-32)46-34-18-7-9-20-36(34)48(37-21-10-8-19-35(37)46)40-23-13-25-45-49(40)39-22-11-12-24-43(39)53-45/h1-30H. The first-order chi connectivity index (χ1) is 27.3. The number of rotatable bonds is 4. The van der Waals surface area contributed by atoms with Crippen molar-refractivity contribution in [1.29, 1.82) is 0 Å². The van der Waals surface area contributed by atoms with Crippen LogP contribution in [0.1, 0.15) is 0 Å². The summed E-state index contributed by atoms with van der Waals surface area (Å²) in [5.41, 5.74) is 12.1. The number of para-hydroxylation sites is 1. The molecule has 0 saturated heterocycles. The van der Waals surface area contributed by atoms with Gasteiger partial charge in [0.05, 0.1) is 0 Å². The molecule has 0 saturated carbocycles. The topological polar surface area (TPSA) is 39.4 Å². The Hall–Kier alpha value is -7.36. The van der Waals surface area contributed by atoms with Crippen LogP contribution in [0.4, 0.5) is 0 Å².